The largest absolute Gasteiger partial charge is 0.493 e. The van der Waals surface area contributed by atoms with E-state index >= 15 is 0 Å². The van der Waals surface area contributed by atoms with Crippen molar-refractivity contribution < 1.29 is 27.8 Å². The maximum absolute atomic E-state index is 13.5. The molecule has 170 valence electrons. The first kappa shape index (κ1) is 22.2. The van der Waals surface area contributed by atoms with E-state index in [9.17, 15) is 18.4 Å². The number of nitrogens with one attached hydrogen (secondary N) is 1. The van der Waals surface area contributed by atoms with Crippen molar-refractivity contribution in [2.75, 3.05) is 23.9 Å². The van der Waals surface area contributed by atoms with Crippen LogP contribution in [0.3, 0.4) is 0 Å². The molecule has 0 bridgehead atoms. The normalized spacial score (nSPS) is 15.4. The van der Waals surface area contributed by atoms with Gasteiger partial charge in [0.15, 0.2) is 11.5 Å². The number of amides is 2. The number of methoxy groups -OCH3 is 1. The van der Waals surface area contributed by atoms with Crippen LogP contribution in [-0.2, 0) is 16.2 Å². The van der Waals surface area contributed by atoms with E-state index in [-0.39, 0.29) is 37.1 Å². The standard InChI is InChI=1S/C24H21F2N3O4/c1-32-21-3-2-19(12-22(21)33-14-15-4-6-27-7-5-15)28-24(31)16-8-23(30)29(13-16)20-10-17(25)9-18(26)11-20/h2-7,9-12,16H,8,13-14H2,1H3,(H,28,31). The number of aromatic nitrogens is 1. The molecule has 0 aliphatic carbocycles. The number of benzene rings is 2. The van der Waals surface area contributed by atoms with Gasteiger partial charge in [0.2, 0.25) is 11.8 Å². The van der Waals surface area contributed by atoms with E-state index < -0.39 is 17.6 Å². The predicted molar refractivity (Wildman–Crippen MR) is 117 cm³/mol. The summed E-state index contributed by atoms with van der Waals surface area (Å²) >= 11 is 0. The lowest BCUT2D eigenvalue weighted by molar-refractivity contribution is -0.122. The summed E-state index contributed by atoms with van der Waals surface area (Å²) in [6, 6.07) is 11.5. The van der Waals surface area contributed by atoms with Crippen LogP contribution in [0.25, 0.3) is 0 Å². The minimum atomic E-state index is -0.789. The SMILES string of the molecule is COc1ccc(NC(=O)C2CC(=O)N(c3cc(F)cc(F)c3)C2)cc1OCc1ccncc1. The van der Waals surface area contributed by atoms with Gasteiger partial charge in [-0.2, -0.15) is 0 Å². The van der Waals surface area contributed by atoms with Crippen LogP contribution in [0.5, 0.6) is 11.5 Å². The lowest BCUT2D eigenvalue weighted by Crippen LogP contribution is -2.28. The van der Waals surface area contributed by atoms with Crippen molar-refractivity contribution >= 4 is 23.2 Å². The molecule has 3 aromatic rings. The van der Waals surface area contributed by atoms with E-state index in [1.54, 1.807) is 30.6 Å². The smallest absolute Gasteiger partial charge is 0.229 e. The second-order valence-corrected chi connectivity index (χ2v) is 7.53. The van der Waals surface area contributed by atoms with E-state index in [0.29, 0.717) is 17.2 Å². The lowest BCUT2D eigenvalue weighted by atomic mass is 10.1. The molecule has 0 radical (unpaired) electrons. The Hall–Kier alpha value is -4.01. The molecule has 7 nitrogen and oxygen atoms in total. The lowest BCUT2D eigenvalue weighted by Gasteiger charge is -2.17. The highest BCUT2D eigenvalue weighted by atomic mass is 19.1. The van der Waals surface area contributed by atoms with Crippen molar-refractivity contribution in [1.29, 1.82) is 0 Å². The van der Waals surface area contributed by atoms with Crippen molar-refractivity contribution in [2.45, 2.75) is 13.0 Å². The average molecular weight is 453 g/mol. The highest BCUT2D eigenvalue weighted by Crippen LogP contribution is 2.32. The number of hydrogen-bond acceptors (Lipinski definition) is 5. The number of ether oxygens (including phenoxy) is 2. The van der Waals surface area contributed by atoms with E-state index in [1.165, 1.54) is 12.0 Å². The molecule has 2 heterocycles. The second-order valence-electron chi connectivity index (χ2n) is 7.53. The third-order valence-electron chi connectivity index (χ3n) is 5.23. The monoisotopic (exact) mass is 453 g/mol. The number of carbonyl (C=O) groups is 2. The Morgan fingerprint density at radius 3 is 2.52 bits per heavy atom. The minimum absolute atomic E-state index is 0.0229. The molecular formula is C24H21F2N3O4. The highest BCUT2D eigenvalue weighted by Gasteiger charge is 2.35. The summed E-state index contributed by atoms with van der Waals surface area (Å²) in [6.07, 6.45) is 3.26. The van der Waals surface area contributed by atoms with Gasteiger partial charge >= 0.3 is 0 Å². The molecule has 1 N–H and O–H groups in total. The Labute approximate surface area is 189 Å². The summed E-state index contributed by atoms with van der Waals surface area (Å²) < 4.78 is 38.2. The van der Waals surface area contributed by atoms with Gasteiger partial charge < -0.3 is 19.7 Å². The fourth-order valence-corrected chi connectivity index (χ4v) is 3.58. The molecule has 0 saturated carbocycles. The zero-order valence-corrected chi connectivity index (χ0v) is 17.8. The summed E-state index contributed by atoms with van der Waals surface area (Å²) in [5.74, 6) is -2.08. The summed E-state index contributed by atoms with van der Waals surface area (Å²) in [4.78, 5) is 30.4. The van der Waals surface area contributed by atoms with Crippen LogP contribution < -0.4 is 19.7 Å². The first-order valence-corrected chi connectivity index (χ1v) is 10.2. The number of anilines is 2. The number of halogens is 2. The van der Waals surface area contributed by atoms with Crippen molar-refractivity contribution in [3.05, 3.63) is 78.1 Å². The second kappa shape index (κ2) is 9.64. The molecule has 1 fully saturated rings. The van der Waals surface area contributed by atoms with Crippen LogP contribution in [0.1, 0.15) is 12.0 Å². The maximum atomic E-state index is 13.5. The van der Waals surface area contributed by atoms with Crippen LogP contribution in [-0.4, -0.2) is 30.5 Å². The summed E-state index contributed by atoms with van der Waals surface area (Å²) in [5, 5.41) is 2.78. The van der Waals surface area contributed by atoms with Crippen molar-refractivity contribution in [2.24, 2.45) is 5.92 Å². The maximum Gasteiger partial charge on any atom is 0.229 e. The summed E-state index contributed by atoms with van der Waals surface area (Å²) in [7, 11) is 1.51. The summed E-state index contributed by atoms with van der Waals surface area (Å²) in [5.41, 5.74) is 1.47. The van der Waals surface area contributed by atoms with E-state index in [2.05, 4.69) is 10.3 Å². The number of carbonyl (C=O) groups excluding carboxylic acids is 2. The molecule has 9 heteroatoms. The van der Waals surface area contributed by atoms with Gasteiger partial charge in [0, 0.05) is 48.9 Å². The quantitative estimate of drug-likeness (QED) is 0.586. The predicted octanol–water partition coefficient (Wildman–Crippen LogP) is 3.94. The Morgan fingerprint density at radius 2 is 1.82 bits per heavy atom. The molecule has 1 saturated heterocycles. The van der Waals surface area contributed by atoms with Gasteiger partial charge in [-0.1, -0.05) is 0 Å². The first-order chi connectivity index (χ1) is 15.9. The van der Waals surface area contributed by atoms with Gasteiger partial charge in [-0.3, -0.25) is 14.6 Å². The topological polar surface area (TPSA) is 80.8 Å². The molecule has 33 heavy (non-hydrogen) atoms. The minimum Gasteiger partial charge on any atom is -0.493 e. The zero-order valence-electron chi connectivity index (χ0n) is 17.8. The fraction of sp³-hybridized carbons (Fsp3) is 0.208. The number of rotatable bonds is 7. The molecule has 0 spiro atoms. The number of nitrogens with zero attached hydrogens (tertiary/aromatic N) is 2. The zero-order chi connectivity index (χ0) is 23.4. The first-order valence-electron chi connectivity index (χ1n) is 10.2. The van der Waals surface area contributed by atoms with Gasteiger partial charge in [-0.25, -0.2) is 8.78 Å². The van der Waals surface area contributed by atoms with E-state index in [4.69, 9.17) is 9.47 Å². The van der Waals surface area contributed by atoms with Crippen LogP contribution in [0.15, 0.2) is 60.9 Å². The Bertz CT molecular complexity index is 1150. The van der Waals surface area contributed by atoms with E-state index in [1.807, 2.05) is 12.1 Å². The highest BCUT2D eigenvalue weighted by molar-refractivity contribution is 6.03. The molecule has 1 aromatic heterocycles. The van der Waals surface area contributed by atoms with Crippen molar-refractivity contribution in [3.63, 3.8) is 0 Å². The number of hydrogen-bond donors (Lipinski definition) is 1. The van der Waals surface area contributed by atoms with E-state index in [0.717, 1.165) is 23.8 Å². The molecule has 4 rings (SSSR count). The third kappa shape index (κ3) is 5.25. The Kier molecular flexibility index (Phi) is 6.48. The van der Waals surface area contributed by atoms with Crippen LogP contribution >= 0.6 is 0 Å². The number of pyridine rings is 1. The van der Waals surface area contributed by atoms with Gasteiger partial charge in [0.05, 0.1) is 13.0 Å². The van der Waals surface area contributed by atoms with Crippen LogP contribution in [0.4, 0.5) is 20.2 Å². The van der Waals surface area contributed by atoms with Gasteiger partial charge in [0.25, 0.3) is 0 Å². The third-order valence-corrected chi connectivity index (χ3v) is 5.23. The molecule has 1 aliphatic rings. The van der Waals surface area contributed by atoms with Gasteiger partial charge in [0.1, 0.15) is 18.2 Å². The molecule has 2 aromatic carbocycles. The molecule has 1 aliphatic heterocycles. The van der Waals surface area contributed by atoms with Crippen molar-refractivity contribution in [3.8, 4) is 11.5 Å². The molecular weight excluding hydrogens is 432 g/mol. The Balaban J connectivity index is 1.44. The molecule has 2 amide bonds. The Morgan fingerprint density at radius 1 is 1.09 bits per heavy atom. The van der Waals surface area contributed by atoms with Gasteiger partial charge in [-0.05, 0) is 42.0 Å². The molecule has 1 atom stereocenters. The van der Waals surface area contributed by atoms with Crippen LogP contribution in [0, 0.1) is 17.6 Å². The van der Waals surface area contributed by atoms with Crippen molar-refractivity contribution in [1.82, 2.24) is 4.98 Å². The summed E-state index contributed by atoms with van der Waals surface area (Å²) in [6.45, 7) is 0.307. The fourth-order valence-electron chi connectivity index (χ4n) is 3.58. The average Bonchev–Trinajstić information content (AvgIpc) is 3.20. The van der Waals surface area contributed by atoms with Crippen LogP contribution in [0.2, 0.25) is 0 Å². The van der Waals surface area contributed by atoms with Gasteiger partial charge in [-0.15, -0.1) is 0 Å². The molecule has 1 unspecified atom stereocenters.